The number of thiazole rings is 1. The number of carboxylic acids is 1. The van der Waals surface area contributed by atoms with E-state index in [9.17, 15) is 9.59 Å². The van der Waals surface area contributed by atoms with Gasteiger partial charge in [-0.05, 0) is 39.5 Å². The van der Waals surface area contributed by atoms with Crippen molar-refractivity contribution in [3.8, 4) is 0 Å². The maximum atomic E-state index is 12.6. The van der Waals surface area contributed by atoms with Crippen LogP contribution in [0.25, 0.3) is 0 Å². The molecule has 110 valence electrons. The van der Waals surface area contributed by atoms with E-state index in [0.29, 0.717) is 11.3 Å². The Morgan fingerprint density at radius 3 is 2.75 bits per heavy atom. The summed E-state index contributed by atoms with van der Waals surface area (Å²) in [5, 5.41) is 9.72. The summed E-state index contributed by atoms with van der Waals surface area (Å²) in [5.41, 5.74) is 0.778. The molecule has 20 heavy (non-hydrogen) atoms. The number of aryl methyl sites for hydroxylation is 2. The zero-order valence-electron chi connectivity index (χ0n) is 11.9. The number of likely N-dealkylation sites (tertiary alicyclic amines) is 1. The first kappa shape index (κ1) is 15.0. The lowest BCUT2D eigenvalue weighted by Crippen LogP contribution is -2.43. The number of carbonyl (C=O) groups excluding carboxylic acids is 1. The minimum Gasteiger partial charge on any atom is -0.481 e. The van der Waals surface area contributed by atoms with Gasteiger partial charge in [-0.15, -0.1) is 11.3 Å². The molecule has 0 aromatic carbocycles. The highest BCUT2D eigenvalue weighted by molar-refractivity contribution is 7.13. The van der Waals surface area contributed by atoms with Crippen LogP contribution in [-0.2, 0) is 4.79 Å². The molecule has 1 aliphatic rings. The van der Waals surface area contributed by atoms with E-state index in [-0.39, 0.29) is 18.4 Å². The van der Waals surface area contributed by atoms with Crippen molar-refractivity contribution in [2.45, 2.75) is 52.0 Å². The van der Waals surface area contributed by atoms with E-state index in [1.165, 1.54) is 11.3 Å². The van der Waals surface area contributed by atoms with E-state index in [2.05, 4.69) is 4.98 Å². The number of piperidine rings is 1. The zero-order chi connectivity index (χ0) is 14.7. The molecule has 1 atom stereocenters. The Labute approximate surface area is 122 Å². The molecule has 0 radical (unpaired) electrons. The van der Waals surface area contributed by atoms with Gasteiger partial charge in [0.2, 0.25) is 0 Å². The highest BCUT2D eigenvalue weighted by Gasteiger charge is 2.29. The van der Waals surface area contributed by atoms with Gasteiger partial charge >= 0.3 is 5.97 Å². The van der Waals surface area contributed by atoms with Gasteiger partial charge in [0.15, 0.2) is 0 Å². The van der Waals surface area contributed by atoms with Gasteiger partial charge < -0.3 is 10.0 Å². The molecule has 1 saturated heterocycles. The van der Waals surface area contributed by atoms with Crippen molar-refractivity contribution < 1.29 is 14.7 Å². The number of amides is 1. The predicted molar refractivity (Wildman–Crippen MR) is 77.1 cm³/mol. The number of rotatable bonds is 4. The molecule has 1 aromatic heterocycles. The second-order valence-electron chi connectivity index (χ2n) is 5.23. The van der Waals surface area contributed by atoms with Gasteiger partial charge in [-0.2, -0.15) is 0 Å². The first-order valence-corrected chi connectivity index (χ1v) is 7.77. The first-order valence-electron chi connectivity index (χ1n) is 6.96. The van der Waals surface area contributed by atoms with Gasteiger partial charge in [-0.25, -0.2) is 4.98 Å². The number of nitrogens with zero attached hydrogens (tertiary/aromatic N) is 2. The molecular weight excluding hydrogens is 276 g/mol. The Hall–Kier alpha value is -1.43. The van der Waals surface area contributed by atoms with Crippen molar-refractivity contribution in [1.82, 2.24) is 9.88 Å². The minimum absolute atomic E-state index is 0.0168. The Kier molecular flexibility index (Phi) is 4.75. The maximum Gasteiger partial charge on any atom is 0.303 e. The summed E-state index contributed by atoms with van der Waals surface area (Å²) in [6, 6.07) is 0.0501. The second kappa shape index (κ2) is 6.35. The standard InChI is InChI=1S/C14H20N2O3S/c1-9-13(20-10(2)15-9)14(19)16-8-4-3-5-11(16)6-7-12(17)18/h11H,3-8H2,1-2H3,(H,17,18). The van der Waals surface area contributed by atoms with E-state index < -0.39 is 5.97 Å². The third kappa shape index (κ3) is 3.36. The molecule has 0 bridgehead atoms. The molecule has 1 N–H and O–H groups in total. The fourth-order valence-electron chi connectivity index (χ4n) is 2.72. The quantitative estimate of drug-likeness (QED) is 0.927. The van der Waals surface area contributed by atoms with E-state index >= 15 is 0 Å². The molecule has 1 aromatic rings. The van der Waals surface area contributed by atoms with Crippen LogP contribution >= 0.6 is 11.3 Å². The van der Waals surface area contributed by atoms with Gasteiger partial charge in [0.05, 0.1) is 10.7 Å². The Morgan fingerprint density at radius 2 is 2.15 bits per heavy atom. The SMILES string of the molecule is Cc1nc(C)c(C(=O)N2CCCCC2CCC(=O)O)s1. The molecule has 0 aliphatic carbocycles. The van der Waals surface area contributed by atoms with Gasteiger partial charge in [0, 0.05) is 19.0 Å². The number of aromatic nitrogens is 1. The molecule has 1 fully saturated rings. The lowest BCUT2D eigenvalue weighted by Gasteiger charge is -2.35. The van der Waals surface area contributed by atoms with Crippen LogP contribution in [0, 0.1) is 13.8 Å². The molecule has 0 saturated carbocycles. The number of hydrogen-bond donors (Lipinski definition) is 1. The van der Waals surface area contributed by atoms with Crippen LogP contribution in [0.3, 0.4) is 0 Å². The third-order valence-corrected chi connectivity index (χ3v) is 4.74. The molecule has 2 rings (SSSR count). The first-order chi connectivity index (χ1) is 9.49. The molecule has 1 aliphatic heterocycles. The Bertz CT molecular complexity index is 513. The van der Waals surface area contributed by atoms with Crippen molar-refractivity contribution in [3.63, 3.8) is 0 Å². The van der Waals surface area contributed by atoms with Crippen LogP contribution in [0.2, 0.25) is 0 Å². The fraction of sp³-hybridized carbons (Fsp3) is 0.643. The van der Waals surface area contributed by atoms with Crippen molar-refractivity contribution in [3.05, 3.63) is 15.6 Å². The average molecular weight is 296 g/mol. The Balaban J connectivity index is 2.12. The topological polar surface area (TPSA) is 70.5 Å². The minimum atomic E-state index is -0.798. The summed E-state index contributed by atoms with van der Waals surface area (Å²) in [6.45, 7) is 4.47. The van der Waals surface area contributed by atoms with Crippen LogP contribution in [0.15, 0.2) is 0 Å². The van der Waals surface area contributed by atoms with Crippen molar-refractivity contribution in [2.75, 3.05) is 6.54 Å². The van der Waals surface area contributed by atoms with Gasteiger partial charge in [0.1, 0.15) is 4.88 Å². The summed E-state index contributed by atoms with van der Waals surface area (Å²) in [6.07, 6.45) is 3.61. The maximum absolute atomic E-state index is 12.6. The molecule has 0 spiro atoms. The number of aliphatic carboxylic acids is 1. The smallest absolute Gasteiger partial charge is 0.303 e. The predicted octanol–water partition coefficient (Wildman–Crippen LogP) is 2.62. The lowest BCUT2D eigenvalue weighted by atomic mass is 9.97. The van der Waals surface area contributed by atoms with Crippen LogP contribution in [0.1, 0.15) is 52.5 Å². The van der Waals surface area contributed by atoms with Crippen LogP contribution < -0.4 is 0 Å². The van der Waals surface area contributed by atoms with E-state index in [1.807, 2.05) is 18.7 Å². The number of hydrogen-bond acceptors (Lipinski definition) is 4. The highest BCUT2D eigenvalue weighted by Crippen LogP contribution is 2.26. The molecule has 6 heteroatoms. The molecular formula is C14H20N2O3S. The monoisotopic (exact) mass is 296 g/mol. The summed E-state index contributed by atoms with van der Waals surface area (Å²) >= 11 is 1.42. The summed E-state index contributed by atoms with van der Waals surface area (Å²) in [5.74, 6) is -0.782. The van der Waals surface area contributed by atoms with Crippen molar-refractivity contribution >= 4 is 23.2 Å². The molecule has 2 heterocycles. The summed E-state index contributed by atoms with van der Waals surface area (Å²) < 4.78 is 0. The van der Waals surface area contributed by atoms with Crippen LogP contribution in [-0.4, -0.2) is 39.5 Å². The molecule has 1 unspecified atom stereocenters. The second-order valence-corrected chi connectivity index (χ2v) is 6.43. The highest BCUT2D eigenvalue weighted by atomic mass is 32.1. The van der Waals surface area contributed by atoms with Crippen LogP contribution in [0.5, 0.6) is 0 Å². The third-order valence-electron chi connectivity index (χ3n) is 3.68. The fourth-order valence-corrected chi connectivity index (χ4v) is 3.59. The number of carboxylic acid groups (broad SMARTS) is 1. The van der Waals surface area contributed by atoms with Crippen molar-refractivity contribution in [2.24, 2.45) is 0 Å². The van der Waals surface area contributed by atoms with E-state index in [0.717, 1.165) is 36.5 Å². The summed E-state index contributed by atoms with van der Waals surface area (Å²) in [4.78, 5) is 30.2. The average Bonchev–Trinajstić information content (AvgIpc) is 2.75. The van der Waals surface area contributed by atoms with Crippen molar-refractivity contribution in [1.29, 1.82) is 0 Å². The van der Waals surface area contributed by atoms with E-state index in [1.54, 1.807) is 0 Å². The largest absolute Gasteiger partial charge is 0.481 e. The normalized spacial score (nSPS) is 19.1. The van der Waals surface area contributed by atoms with Crippen LogP contribution in [0.4, 0.5) is 0 Å². The summed E-state index contributed by atoms with van der Waals surface area (Å²) in [7, 11) is 0. The molecule has 1 amide bonds. The lowest BCUT2D eigenvalue weighted by molar-refractivity contribution is -0.137. The van der Waals surface area contributed by atoms with E-state index in [4.69, 9.17) is 5.11 Å². The van der Waals surface area contributed by atoms with Gasteiger partial charge in [-0.3, -0.25) is 9.59 Å². The molecule has 5 nitrogen and oxygen atoms in total. The van der Waals surface area contributed by atoms with Gasteiger partial charge in [-0.1, -0.05) is 0 Å². The zero-order valence-corrected chi connectivity index (χ0v) is 12.7. The Morgan fingerprint density at radius 1 is 1.40 bits per heavy atom. The number of carbonyl (C=O) groups is 2. The van der Waals surface area contributed by atoms with Gasteiger partial charge in [0.25, 0.3) is 5.91 Å².